The monoisotopic (exact) mass is 312 g/mol. The third-order valence-electron chi connectivity index (χ3n) is 4.34. The van der Waals surface area contributed by atoms with E-state index in [9.17, 15) is 0 Å². The maximum atomic E-state index is 4.71. The van der Waals surface area contributed by atoms with Gasteiger partial charge in [0.25, 0.3) is 0 Å². The Balaban J connectivity index is 1.64. The number of piperidine rings is 1. The van der Waals surface area contributed by atoms with Crippen LogP contribution < -0.4 is 9.80 Å². The summed E-state index contributed by atoms with van der Waals surface area (Å²) in [5.74, 6) is 2.35. The Kier molecular flexibility index (Phi) is 5.00. The molecule has 122 valence electrons. The highest BCUT2D eigenvalue weighted by Gasteiger charge is 2.19. The van der Waals surface area contributed by atoms with Crippen LogP contribution in [0.4, 0.5) is 11.8 Å². The van der Waals surface area contributed by atoms with Crippen LogP contribution in [0.25, 0.3) is 0 Å². The minimum atomic E-state index is 0.690. The molecule has 23 heavy (non-hydrogen) atoms. The highest BCUT2D eigenvalue weighted by atomic mass is 15.3. The van der Waals surface area contributed by atoms with E-state index >= 15 is 0 Å². The van der Waals surface area contributed by atoms with Crippen molar-refractivity contribution in [3.05, 3.63) is 36.3 Å². The van der Waals surface area contributed by atoms with Gasteiger partial charge in [-0.25, -0.2) is 0 Å². The first-order valence-corrected chi connectivity index (χ1v) is 8.27. The number of anilines is 2. The molecule has 2 aromatic rings. The van der Waals surface area contributed by atoms with Crippen molar-refractivity contribution in [2.24, 2.45) is 5.92 Å². The number of nitrogens with zero attached hydrogens (tertiary/aromatic N) is 6. The molecule has 0 aromatic carbocycles. The third kappa shape index (κ3) is 4.15. The summed E-state index contributed by atoms with van der Waals surface area (Å²) in [5, 5.41) is 8.35. The second-order valence-electron chi connectivity index (χ2n) is 6.34. The van der Waals surface area contributed by atoms with E-state index in [1.165, 1.54) is 18.4 Å². The van der Waals surface area contributed by atoms with Crippen LogP contribution in [0.5, 0.6) is 0 Å². The van der Waals surface area contributed by atoms with Crippen LogP contribution in [0, 0.1) is 5.92 Å². The molecule has 6 heteroatoms. The Labute approximate surface area is 137 Å². The van der Waals surface area contributed by atoms with Crippen LogP contribution in [-0.4, -0.2) is 46.8 Å². The van der Waals surface area contributed by atoms with E-state index in [2.05, 4.69) is 31.9 Å². The van der Waals surface area contributed by atoms with Crippen molar-refractivity contribution in [2.75, 3.05) is 36.5 Å². The van der Waals surface area contributed by atoms with Crippen LogP contribution in [0.2, 0.25) is 0 Å². The summed E-state index contributed by atoms with van der Waals surface area (Å²) in [4.78, 5) is 13.1. The molecular formula is C17H24N6. The van der Waals surface area contributed by atoms with Crippen LogP contribution in [0.1, 0.15) is 25.3 Å². The van der Waals surface area contributed by atoms with E-state index in [-0.39, 0.29) is 0 Å². The highest BCUT2D eigenvalue weighted by molar-refractivity contribution is 5.41. The van der Waals surface area contributed by atoms with Crippen molar-refractivity contribution >= 4 is 11.8 Å². The van der Waals surface area contributed by atoms with E-state index in [1.807, 2.05) is 31.6 Å². The van der Waals surface area contributed by atoms with Gasteiger partial charge in [0.1, 0.15) is 0 Å². The molecule has 1 saturated heterocycles. The van der Waals surface area contributed by atoms with Crippen LogP contribution in [-0.2, 0) is 6.42 Å². The lowest BCUT2D eigenvalue weighted by atomic mass is 10.0. The van der Waals surface area contributed by atoms with E-state index < -0.39 is 0 Å². The van der Waals surface area contributed by atoms with Crippen molar-refractivity contribution in [3.63, 3.8) is 0 Å². The molecule has 3 rings (SSSR count). The van der Waals surface area contributed by atoms with Crippen LogP contribution in [0.15, 0.2) is 30.7 Å². The number of likely N-dealkylation sites (N-methyl/N-ethyl adjacent to an activating group) is 1. The van der Waals surface area contributed by atoms with Crippen LogP contribution >= 0.6 is 0 Å². The van der Waals surface area contributed by atoms with E-state index in [4.69, 9.17) is 4.98 Å². The first kappa shape index (κ1) is 15.6. The molecule has 1 aliphatic heterocycles. The molecule has 0 N–H and O–H groups in total. The summed E-state index contributed by atoms with van der Waals surface area (Å²) in [6, 6.07) is 4.08. The largest absolute Gasteiger partial charge is 0.355 e. The number of rotatable bonds is 5. The van der Waals surface area contributed by atoms with Gasteiger partial charge in [-0.1, -0.05) is 6.92 Å². The molecule has 2 aromatic heterocycles. The van der Waals surface area contributed by atoms with Gasteiger partial charge in [0, 0.05) is 39.1 Å². The van der Waals surface area contributed by atoms with Gasteiger partial charge in [-0.05, 0) is 42.9 Å². The molecule has 1 atom stereocenters. The Bertz CT molecular complexity index is 617. The number of aromatic nitrogens is 4. The van der Waals surface area contributed by atoms with Gasteiger partial charge in [-0.2, -0.15) is 10.1 Å². The van der Waals surface area contributed by atoms with Crippen molar-refractivity contribution in [2.45, 2.75) is 26.2 Å². The van der Waals surface area contributed by atoms with Gasteiger partial charge < -0.3 is 9.80 Å². The zero-order chi connectivity index (χ0) is 16.1. The average Bonchev–Trinajstić information content (AvgIpc) is 2.61. The highest BCUT2D eigenvalue weighted by Crippen LogP contribution is 2.21. The molecule has 1 unspecified atom stereocenters. The van der Waals surface area contributed by atoms with Gasteiger partial charge in [0.2, 0.25) is 5.95 Å². The van der Waals surface area contributed by atoms with E-state index in [1.54, 1.807) is 6.20 Å². The van der Waals surface area contributed by atoms with Gasteiger partial charge >= 0.3 is 0 Å². The Morgan fingerprint density at radius 2 is 2.13 bits per heavy atom. The molecule has 1 fully saturated rings. The Morgan fingerprint density at radius 1 is 1.30 bits per heavy atom. The minimum Gasteiger partial charge on any atom is -0.355 e. The summed E-state index contributed by atoms with van der Waals surface area (Å²) < 4.78 is 0. The Hall–Kier alpha value is -2.24. The summed E-state index contributed by atoms with van der Waals surface area (Å²) >= 11 is 0. The molecule has 0 spiro atoms. The predicted octanol–water partition coefficient (Wildman–Crippen LogP) is 2.18. The first-order chi connectivity index (χ1) is 11.2. The molecule has 3 heterocycles. The van der Waals surface area contributed by atoms with E-state index in [0.29, 0.717) is 11.9 Å². The topological polar surface area (TPSA) is 58.0 Å². The van der Waals surface area contributed by atoms with E-state index in [0.717, 1.165) is 31.9 Å². The number of pyridine rings is 1. The SMILES string of the molecule is CC1CCCN(c2cnnc(N(C)CCc3ccncc3)n2)C1. The second-order valence-corrected chi connectivity index (χ2v) is 6.34. The molecule has 6 nitrogen and oxygen atoms in total. The fourth-order valence-electron chi connectivity index (χ4n) is 2.94. The molecule has 0 amide bonds. The van der Waals surface area contributed by atoms with Crippen LogP contribution in [0.3, 0.4) is 0 Å². The van der Waals surface area contributed by atoms with Gasteiger partial charge in [-0.3, -0.25) is 4.98 Å². The summed E-state index contributed by atoms with van der Waals surface area (Å²) in [5.41, 5.74) is 1.26. The molecule has 0 saturated carbocycles. The zero-order valence-corrected chi connectivity index (χ0v) is 13.9. The summed E-state index contributed by atoms with van der Waals surface area (Å²) in [6.45, 7) is 5.26. The van der Waals surface area contributed by atoms with Crippen molar-refractivity contribution in [1.82, 2.24) is 20.2 Å². The Morgan fingerprint density at radius 3 is 2.91 bits per heavy atom. The maximum absolute atomic E-state index is 4.71. The van der Waals surface area contributed by atoms with Gasteiger partial charge in [0.05, 0.1) is 6.20 Å². The maximum Gasteiger partial charge on any atom is 0.247 e. The minimum absolute atomic E-state index is 0.690. The normalized spacial score (nSPS) is 18.0. The predicted molar refractivity (Wildman–Crippen MR) is 91.6 cm³/mol. The smallest absolute Gasteiger partial charge is 0.247 e. The molecule has 0 aliphatic carbocycles. The standard InChI is InChI=1S/C17H24N6/c1-14-4-3-10-23(13-14)16-12-19-21-17(20-16)22(2)11-7-15-5-8-18-9-6-15/h5-6,8-9,12,14H,3-4,7,10-11,13H2,1-2H3. The molecule has 0 bridgehead atoms. The molecule has 1 aliphatic rings. The average molecular weight is 312 g/mol. The molecular weight excluding hydrogens is 288 g/mol. The summed E-state index contributed by atoms with van der Waals surface area (Å²) in [6.07, 6.45) is 8.88. The first-order valence-electron chi connectivity index (χ1n) is 8.27. The van der Waals surface area contributed by atoms with Crippen molar-refractivity contribution in [3.8, 4) is 0 Å². The summed E-state index contributed by atoms with van der Waals surface area (Å²) in [7, 11) is 2.01. The molecule has 0 radical (unpaired) electrons. The number of hydrogen-bond acceptors (Lipinski definition) is 6. The lowest BCUT2D eigenvalue weighted by molar-refractivity contribution is 0.444. The number of hydrogen-bond donors (Lipinski definition) is 0. The van der Waals surface area contributed by atoms with Gasteiger partial charge in [-0.15, -0.1) is 5.10 Å². The van der Waals surface area contributed by atoms with Gasteiger partial charge in [0.15, 0.2) is 5.82 Å². The van der Waals surface area contributed by atoms with Crippen molar-refractivity contribution in [1.29, 1.82) is 0 Å². The van der Waals surface area contributed by atoms with Crippen molar-refractivity contribution < 1.29 is 0 Å². The second kappa shape index (κ2) is 7.35. The lowest BCUT2D eigenvalue weighted by Gasteiger charge is -2.31. The lowest BCUT2D eigenvalue weighted by Crippen LogP contribution is -2.35. The fourth-order valence-corrected chi connectivity index (χ4v) is 2.94. The quantitative estimate of drug-likeness (QED) is 0.843. The fraction of sp³-hybridized carbons (Fsp3) is 0.529. The zero-order valence-electron chi connectivity index (χ0n) is 13.9. The third-order valence-corrected chi connectivity index (χ3v) is 4.34.